The fourth-order valence-electron chi connectivity index (χ4n) is 11.2. The Hall–Kier alpha value is -3.97. The molecule has 7 unspecified atom stereocenters. The van der Waals surface area contributed by atoms with Gasteiger partial charge in [0.2, 0.25) is 0 Å². The van der Waals surface area contributed by atoms with Gasteiger partial charge in [-0.2, -0.15) is 0 Å². The van der Waals surface area contributed by atoms with Gasteiger partial charge in [-0.1, -0.05) is 76.2 Å². The molecule has 0 aromatic carbocycles. The topological polar surface area (TPSA) is 183 Å². The molecule has 4 aliphatic carbocycles. The molecule has 1 N–H and O–H groups in total. The molecule has 0 amide bonds. The summed E-state index contributed by atoms with van der Waals surface area (Å²) in [4.78, 5) is 77.4. The first kappa shape index (κ1) is 73.3. The third-order valence-corrected chi connectivity index (χ3v) is 14.9. The summed E-state index contributed by atoms with van der Waals surface area (Å²) < 4.78 is 24.5. The van der Waals surface area contributed by atoms with Gasteiger partial charge in [0.25, 0.3) is 5.97 Å². The monoisotopic (exact) mass is 1040 g/mol. The first-order valence-electron chi connectivity index (χ1n) is 27.0. The number of hydrogen-bond donors (Lipinski definition) is 1. The lowest BCUT2D eigenvalue weighted by molar-refractivity contribution is -0.510. The fourth-order valence-corrected chi connectivity index (χ4v) is 11.2. The highest BCUT2D eigenvalue weighted by atomic mass is 16.5. The Morgan fingerprint density at radius 2 is 0.849 bits per heavy atom. The van der Waals surface area contributed by atoms with E-state index < -0.39 is 5.97 Å². The van der Waals surface area contributed by atoms with Gasteiger partial charge in [-0.05, 0) is 89.4 Å². The molecule has 14 nitrogen and oxygen atoms in total. The first-order chi connectivity index (χ1) is 33.1. The number of carboxylic acid groups (broad SMARTS) is 1. The summed E-state index contributed by atoms with van der Waals surface area (Å²) in [5, 5.41) is 7.42. The highest BCUT2D eigenvalue weighted by Gasteiger charge is 2.35. The molecular formula is C59H110N2O12+2. The second-order valence-electron chi connectivity index (χ2n) is 20.2. The number of carbonyl (C=O) groups excluding carboxylic acids is 6. The van der Waals surface area contributed by atoms with Crippen molar-refractivity contribution in [3.05, 3.63) is 0 Å². The maximum Gasteiger partial charge on any atom is 0.306 e. The molecule has 6 rings (SSSR count). The van der Waals surface area contributed by atoms with Crippen LogP contribution in [0.1, 0.15) is 232 Å². The molecule has 2 aliphatic heterocycles. The predicted molar refractivity (Wildman–Crippen MR) is 294 cm³/mol. The average molecular weight is 1040 g/mol. The maximum absolute atomic E-state index is 11.6. The van der Waals surface area contributed by atoms with E-state index in [4.69, 9.17) is 24.1 Å². The normalized spacial score (nSPS) is 22.4. The number of ketones is 2. The summed E-state index contributed by atoms with van der Waals surface area (Å²) in [6, 6.07) is 0. The molecule has 6 aliphatic rings. The van der Waals surface area contributed by atoms with Gasteiger partial charge in [-0.15, -0.1) is 0 Å². The Kier molecular flexibility index (Phi) is 42.4. The van der Waals surface area contributed by atoms with Crippen molar-refractivity contribution in [1.29, 1.82) is 0 Å². The van der Waals surface area contributed by atoms with Crippen LogP contribution < -0.4 is 0 Å². The zero-order valence-corrected chi connectivity index (χ0v) is 44.3. The molecule has 0 aromatic heterocycles. The van der Waals surface area contributed by atoms with Crippen molar-refractivity contribution < 1.29 is 66.8 Å². The molecule has 0 bridgehead atoms. The number of Topliss-reactive ketones (excluding diaryl/α,β-unsaturated/α-hetero) is 2. The zero-order chi connectivity index (χ0) is 51.1. The van der Waals surface area contributed by atoms with Crippen LogP contribution in [-0.4, -0.2) is 121 Å². The maximum atomic E-state index is 11.6. The highest BCUT2D eigenvalue weighted by Crippen LogP contribution is 2.32. The first-order valence-corrected chi connectivity index (χ1v) is 27.0. The van der Waals surface area contributed by atoms with Crippen molar-refractivity contribution in [2.45, 2.75) is 232 Å². The van der Waals surface area contributed by atoms with Crippen molar-refractivity contribution in [3.8, 4) is 0 Å². The third-order valence-electron chi connectivity index (χ3n) is 14.9. The van der Waals surface area contributed by atoms with Crippen molar-refractivity contribution in [2.75, 3.05) is 53.6 Å². The molecule has 7 atom stereocenters. The van der Waals surface area contributed by atoms with Gasteiger partial charge in [0.05, 0.1) is 27.4 Å². The second-order valence-corrected chi connectivity index (χ2v) is 20.2. The predicted octanol–water partition coefficient (Wildman–Crippen LogP) is 12.3. The summed E-state index contributed by atoms with van der Waals surface area (Å²) in [7, 11) is 2.87. The Morgan fingerprint density at radius 3 is 1.26 bits per heavy atom. The van der Waals surface area contributed by atoms with Crippen LogP contribution in [0.25, 0.3) is 0 Å². The third kappa shape index (κ3) is 29.1. The van der Waals surface area contributed by atoms with Crippen LogP contribution in [0.4, 0.5) is 0 Å². The van der Waals surface area contributed by atoms with E-state index in [1.54, 1.807) is 18.3 Å². The number of carboxylic acids is 1. The van der Waals surface area contributed by atoms with E-state index in [9.17, 15) is 28.8 Å². The number of hydrogen-bond acceptors (Lipinski definition) is 11. The largest absolute Gasteiger partial charge is 0.481 e. The summed E-state index contributed by atoms with van der Waals surface area (Å²) in [5.74, 6) is 1.46. The molecule has 0 radical (unpaired) electrons. The molecule has 6 fully saturated rings. The van der Waals surface area contributed by atoms with E-state index in [1.807, 2.05) is 20.8 Å². The van der Waals surface area contributed by atoms with E-state index in [0.29, 0.717) is 81.1 Å². The van der Waals surface area contributed by atoms with Crippen molar-refractivity contribution in [1.82, 2.24) is 0 Å². The van der Waals surface area contributed by atoms with Gasteiger partial charge in [0, 0.05) is 108 Å². The van der Waals surface area contributed by atoms with Crippen LogP contribution in [0, 0.1) is 41.4 Å². The second kappa shape index (κ2) is 42.3. The SMILES string of the molecule is C.C.C.C.CC(=O)O.CCOC(=O)CC(C)C1CCCCC1=O.CCOC(=O)CCC1CCCCC1=[N+]1CCCC1.COC(=O)CC(C)C1CCCCC1=O.COC(=O)CC(C)C1CCCCC1=[N+]1CCCC1. The van der Waals surface area contributed by atoms with Crippen LogP contribution in [0.3, 0.4) is 0 Å². The number of aliphatic carboxylic acids is 1. The van der Waals surface area contributed by atoms with E-state index in [1.165, 1.54) is 117 Å². The number of carbonyl (C=O) groups is 7. The summed E-state index contributed by atoms with van der Waals surface area (Å²) in [6.07, 6.45) is 26.1. The summed E-state index contributed by atoms with van der Waals surface area (Å²) >= 11 is 0. The van der Waals surface area contributed by atoms with Gasteiger partial charge in [0.1, 0.15) is 37.7 Å². The minimum Gasteiger partial charge on any atom is -0.481 e. The van der Waals surface area contributed by atoms with E-state index in [0.717, 1.165) is 51.9 Å². The quantitative estimate of drug-likeness (QED) is 0.0988. The van der Waals surface area contributed by atoms with Gasteiger partial charge in [-0.3, -0.25) is 33.6 Å². The smallest absolute Gasteiger partial charge is 0.306 e. The number of methoxy groups -OCH3 is 2. The molecular weight excluding hydrogens is 929 g/mol. The van der Waals surface area contributed by atoms with E-state index >= 15 is 0 Å². The van der Waals surface area contributed by atoms with Crippen LogP contribution in [0.15, 0.2) is 0 Å². The van der Waals surface area contributed by atoms with E-state index in [2.05, 4.69) is 20.8 Å². The van der Waals surface area contributed by atoms with Crippen molar-refractivity contribution in [3.63, 3.8) is 0 Å². The summed E-state index contributed by atoms with van der Waals surface area (Å²) in [5.41, 5.74) is 3.28. The lowest BCUT2D eigenvalue weighted by Gasteiger charge is -2.27. The molecule has 0 aromatic rings. The number of ether oxygens (including phenoxy) is 4. The lowest BCUT2D eigenvalue weighted by atomic mass is 9.77. The molecule has 2 saturated heterocycles. The van der Waals surface area contributed by atoms with Crippen LogP contribution >= 0.6 is 0 Å². The minimum absolute atomic E-state index is 0. The molecule has 2 heterocycles. The standard InChI is InChI=1S/2C15H26NO2.C12H20O3.C11H18O3.C2H4O2.4CH4/c1-12(11-15(17)18-2)13-7-3-4-8-14(13)16-9-5-6-10-16;1-2-18-15(17)10-9-13-7-3-4-8-14(13)16-11-5-6-12-16;1-3-15-12(14)8-9(2)10-6-4-5-7-11(10)13;1-8(7-11(13)14-2)9-5-3-4-6-10(9)12;1-2(3)4;;;;/h12-13H,3-11H2,1-2H3;13H,2-12H2,1H3;9-10H,3-8H2,1-2H3;8-9H,3-7H2,1-2H3;1H3,(H,3,4);4*1H4/q2*+1;;;;;;;. The molecule has 0 spiro atoms. The van der Waals surface area contributed by atoms with Crippen molar-refractivity contribution in [2.24, 2.45) is 41.4 Å². The number of esters is 4. The molecule has 73 heavy (non-hydrogen) atoms. The summed E-state index contributed by atoms with van der Waals surface area (Å²) in [6.45, 7) is 16.8. The lowest BCUT2D eigenvalue weighted by Crippen LogP contribution is -2.34. The van der Waals surface area contributed by atoms with Crippen LogP contribution in [-0.2, 0) is 52.5 Å². The van der Waals surface area contributed by atoms with Crippen LogP contribution in [0.5, 0.6) is 0 Å². The van der Waals surface area contributed by atoms with Crippen LogP contribution in [0.2, 0.25) is 0 Å². The minimum atomic E-state index is -0.833. The molecule has 426 valence electrons. The van der Waals surface area contributed by atoms with Gasteiger partial charge in [0.15, 0.2) is 11.4 Å². The Bertz CT molecular complexity index is 1650. The van der Waals surface area contributed by atoms with Gasteiger partial charge < -0.3 is 24.1 Å². The van der Waals surface area contributed by atoms with Gasteiger partial charge >= 0.3 is 23.9 Å². The Morgan fingerprint density at radius 1 is 0.507 bits per heavy atom. The number of rotatable bonds is 14. The van der Waals surface area contributed by atoms with Crippen molar-refractivity contribution >= 4 is 52.8 Å². The Labute approximate surface area is 445 Å². The molecule has 14 heteroatoms. The number of nitrogens with zero attached hydrogens (tertiary/aromatic N) is 2. The fraction of sp³-hybridized carbons (Fsp3) is 0.847. The highest BCUT2D eigenvalue weighted by molar-refractivity contribution is 5.85. The average Bonchev–Trinajstić information content (AvgIpc) is 4.08. The Balaban J connectivity index is -0.000000861. The van der Waals surface area contributed by atoms with Gasteiger partial charge in [-0.25, -0.2) is 9.15 Å². The molecule has 4 saturated carbocycles. The zero-order valence-electron chi connectivity index (χ0n) is 44.3. The van der Waals surface area contributed by atoms with E-state index in [-0.39, 0.29) is 77.3 Å².